The molecule has 0 aromatic heterocycles. The van der Waals surface area contributed by atoms with Crippen molar-refractivity contribution in [3.8, 4) is 0 Å². The van der Waals surface area contributed by atoms with Crippen molar-refractivity contribution in [3.05, 3.63) is 0 Å². The Kier molecular flexibility index (Phi) is 4.80. The van der Waals surface area contributed by atoms with Crippen LogP contribution in [0.15, 0.2) is 0 Å². The zero-order valence-corrected chi connectivity index (χ0v) is 10.8. The molecule has 1 saturated carbocycles. The Morgan fingerprint density at radius 2 is 2.00 bits per heavy atom. The molecular weight excluding hydrogens is 216 g/mol. The van der Waals surface area contributed by atoms with Crippen LogP contribution in [0, 0.1) is 0 Å². The van der Waals surface area contributed by atoms with Crippen LogP contribution in [0.4, 0.5) is 0 Å². The van der Waals surface area contributed by atoms with Gasteiger partial charge in [0.2, 0.25) is 0 Å². The summed E-state index contributed by atoms with van der Waals surface area (Å²) in [4.78, 5) is 14.2. The third kappa shape index (κ3) is 3.42. The largest absolute Gasteiger partial charge is 0.365 e. The molecule has 0 bridgehead atoms. The van der Waals surface area contributed by atoms with Gasteiger partial charge in [-0.3, -0.25) is 4.79 Å². The number of hydrogen-bond donors (Lipinski definition) is 1. The molecule has 1 aliphatic heterocycles. The van der Waals surface area contributed by atoms with Crippen LogP contribution in [-0.2, 0) is 9.53 Å². The summed E-state index contributed by atoms with van der Waals surface area (Å²) in [6.45, 7) is 5.50. The number of nitrogens with one attached hydrogen (secondary N) is 1. The highest BCUT2D eigenvalue weighted by Crippen LogP contribution is 2.23. The fraction of sp³-hybridized carbons (Fsp3) is 0.923. The summed E-state index contributed by atoms with van der Waals surface area (Å²) in [6.07, 6.45) is 5.67. The molecule has 2 aliphatic rings. The molecule has 0 aromatic carbocycles. The van der Waals surface area contributed by atoms with E-state index in [0.717, 1.165) is 45.4 Å². The summed E-state index contributed by atoms with van der Waals surface area (Å²) in [5.41, 5.74) is 0. The molecule has 4 nitrogen and oxygen atoms in total. The van der Waals surface area contributed by atoms with Crippen molar-refractivity contribution in [3.63, 3.8) is 0 Å². The minimum atomic E-state index is -0.212. The minimum absolute atomic E-state index is 0.195. The minimum Gasteiger partial charge on any atom is -0.365 e. The maximum Gasteiger partial charge on any atom is 0.251 e. The van der Waals surface area contributed by atoms with Crippen LogP contribution >= 0.6 is 0 Å². The monoisotopic (exact) mass is 240 g/mol. The molecule has 4 heteroatoms. The third-order valence-electron chi connectivity index (χ3n) is 3.73. The second-order valence-corrected chi connectivity index (χ2v) is 5.01. The van der Waals surface area contributed by atoms with Gasteiger partial charge in [-0.2, -0.15) is 0 Å². The molecular formula is C13H24N2O2. The van der Waals surface area contributed by atoms with Gasteiger partial charge < -0.3 is 15.0 Å². The zero-order chi connectivity index (χ0) is 12.1. The van der Waals surface area contributed by atoms with E-state index in [1.165, 1.54) is 12.8 Å². The lowest BCUT2D eigenvalue weighted by Crippen LogP contribution is -2.50. The number of nitrogens with zero attached hydrogens (tertiary/aromatic N) is 1. The van der Waals surface area contributed by atoms with Gasteiger partial charge in [0.15, 0.2) is 0 Å². The number of rotatable bonds is 4. The summed E-state index contributed by atoms with van der Waals surface area (Å²) in [6, 6.07) is 0. The average Bonchev–Trinajstić information content (AvgIpc) is 2.89. The van der Waals surface area contributed by atoms with Crippen molar-refractivity contribution in [2.75, 3.05) is 26.2 Å². The first-order chi connectivity index (χ1) is 8.31. The van der Waals surface area contributed by atoms with Gasteiger partial charge in [-0.05, 0) is 19.3 Å². The van der Waals surface area contributed by atoms with Crippen molar-refractivity contribution in [2.45, 2.75) is 51.2 Å². The maximum absolute atomic E-state index is 12.3. The molecule has 1 N–H and O–H groups in total. The molecule has 1 heterocycles. The number of ether oxygens (including phenoxy) is 1. The average molecular weight is 240 g/mol. The van der Waals surface area contributed by atoms with E-state index < -0.39 is 0 Å². The Hall–Kier alpha value is -0.610. The molecule has 0 radical (unpaired) electrons. The van der Waals surface area contributed by atoms with Gasteiger partial charge in [0.1, 0.15) is 6.10 Å². The highest BCUT2D eigenvalue weighted by atomic mass is 16.5. The predicted molar refractivity (Wildman–Crippen MR) is 66.9 cm³/mol. The van der Waals surface area contributed by atoms with Gasteiger partial charge in [-0.1, -0.05) is 19.8 Å². The van der Waals surface area contributed by atoms with Gasteiger partial charge in [0.05, 0.1) is 6.10 Å². The molecule has 0 spiro atoms. The fourth-order valence-electron chi connectivity index (χ4n) is 2.67. The zero-order valence-electron chi connectivity index (χ0n) is 10.8. The number of carbonyl (C=O) groups excluding carboxylic acids is 1. The smallest absolute Gasteiger partial charge is 0.251 e. The van der Waals surface area contributed by atoms with E-state index in [0.29, 0.717) is 6.10 Å². The molecule has 1 saturated heterocycles. The highest BCUT2D eigenvalue weighted by molar-refractivity contribution is 5.81. The van der Waals surface area contributed by atoms with Gasteiger partial charge in [-0.25, -0.2) is 0 Å². The van der Waals surface area contributed by atoms with Crippen LogP contribution in [0.3, 0.4) is 0 Å². The Bertz CT molecular complexity index is 246. The molecule has 1 amide bonds. The van der Waals surface area contributed by atoms with E-state index in [1.807, 2.05) is 11.8 Å². The summed E-state index contributed by atoms with van der Waals surface area (Å²) in [5, 5.41) is 3.26. The van der Waals surface area contributed by atoms with Crippen LogP contribution in [0.1, 0.15) is 39.0 Å². The van der Waals surface area contributed by atoms with Crippen molar-refractivity contribution in [1.29, 1.82) is 0 Å². The SMILES string of the molecule is CCC(OC1CCCC1)C(=O)N1CCNCC1. The number of carbonyl (C=O) groups is 1. The fourth-order valence-corrected chi connectivity index (χ4v) is 2.67. The lowest BCUT2D eigenvalue weighted by atomic mass is 10.2. The molecule has 1 unspecified atom stereocenters. The van der Waals surface area contributed by atoms with Crippen molar-refractivity contribution >= 4 is 5.91 Å². The summed E-state index contributed by atoms with van der Waals surface area (Å²) < 4.78 is 5.96. The van der Waals surface area contributed by atoms with E-state index in [4.69, 9.17) is 4.74 Å². The summed E-state index contributed by atoms with van der Waals surface area (Å²) in [7, 11) is 0. The second kappa shape index (κ2) is 6.36. The molecule has 1 atom stereocenters. The molecule has 17 heavy (non-hydrogen) atoms. The Morgan fingerprint density at radius 1 is 1.35 bits per heavy atom. The van der Waals surface area contributed by atoms with Crippen molar-refractivity contribution in [2.24, 2.45) is 0 Å². The van der Waals surface area contributed by atoms with Crippen LogP contribution in [-0.4, -0.2) is 49.2 Å². The van der Waals surface area contributed by atoms with Gasteiger partial charge in [0.25, 0.3) is 5.91 Å². The number of amides is 1. The topological polar surface area (TPSA) is 41.6 Å². The van der Waals surface area contributed by atoms with E-state index in [9.17, 15) is 4.79 Å². The first-order valence-electron chi connectivity index (χ1n) is 6.96. The molecule has 1 aliphatic carbocycles. The Morgan fingerprint density at radius 3 is 2.59 bits per heavy atom. The number of piperazine rings is 1. The van der Waals surface area contributed by atoms with E-state index in [-0.39, 0.29) is 12.0 Å². The van der Waals surface area contributed by atoms with Crippen molar-refractivity contribution < 1.29 is 9.53 Å². The molecule has 2 rings (SSSR count). The van der Waals surface area contributed by atoms with Gasteiger partial charge in [0, 0.05) is 26.2 Å². The maximum atomic E-state index is 12.3. The summed E-state index contributed by atoms with van der Waals surface area (Å²) >= 11 is 0. The van der Waals surface area contributed by atoms with E-state index in [1.54, 1.807) is 0 Å². The third-order valence-corrected chi connectivity index (χ3v) is 3.73. The first kappa shape index (κ1) is 12.8. The quantitative estimate of drug-likeness (QED) is 0.801. The number of hydrogen-bond acceptors (Lipinski definition) is 3. The van der Waals surface area contributed by atoms with Crippen molar-refractivity contribution in [1.82, 2.24) is 10.2 Å². The van der Waals surface area contributed by atoms with Gasteiger partial charge in [-0.15, -0.1) is 0 Å². The Balaban J connectivity index is 1.84. The molecule has 2 fully saturated rings. The van der Waals surface area contributed by atoms with E-state index in [2.05, 4.69) is 5.32 Å². The summed E-state index contributed by atoms with van der Waals surface area (Å²) in [5.74, 6) is 0.195. The highest BCUT2D eigenvalue weighted by Gasteiger charge is 2.28. The standard InChI is InChI=1S/C13H24N2O2/c1-2-12(17-11-5-3-4-6-11)13(16)15-9-7-14-8-10-15/h11-12,14H,2-10H2,1H3. The van der Waals surface area contributed by atoms with Crippen LogP contribution < -0.4 is 5.32 Å². The first-order valence-corrected chi connectivity index (χ1v) is 6.96. The lowest BCUT2D eigenvalue weighted by Gasteiger charge is -2.31. The van der Waals surface area contributed by atoms with Crippen LogP contribution in [0.25, 0.3) is 0 Å². The molecule has 0 aromatic rings. The van der Waals surface area contributed by atoms with Crippen LogP contribution in [0.5, 0.6) is 0 Å². The molecule has 98 valence electrons. The Labute approximate surface area is 104 Å². The second-order valence-electron chi connectivity index (χ2n) is 5.01. The lowest BCUT2D eigenvalue weighted by molar-refractivity contribution is -0.148. The van der Waals surface area contributed by atoms with E-state index >= 15 is 0 Å². The van der Waals surface area contributed by atoms with Crippen LogP contribution in [0.2, 0.25) is 0 Å². The normalized spacial score (nSPS) is 23.9. The predicted octanol–water partition coefficient (Wildman–Crippen LogP) is 1.16. The van der Waals surface area contributed by atoms with Gasteiger partial charge >= 0.3 is 0 Å².